The first-order valence-corrected chi connectivity index (χ1v) is 34.7. The number of alkyl halides is 4. The van der Waals surface area contributed by atoms with Crippen LogP contribution in [0.3, 0.4) is 0 Å². The molecule has 4 aliphatic heterocycles. The summed E-state index contributed by atoms with van der Waals surface area (Å²) in [6.45, 7) is 21.0. The van der Waals surface area contributed by atoms with E-state index in [1.165, 1.54) is 0 Å². The quantitative estimate of drug-likeness (QED) is 0.0867. The summed E-state index contributed by atoms with van der Waals surface area (Å²) in [6.07, 6.45) is 20.2. The average molecular weight is 1150 g/mol. The third-order valence-electron chi connectivity index (χ3n) is 10.3. The Morgan fingerprint density at radius 1 is 0.508 bits per heavy atom. The lowest BCUT2D eigenvalue weighted by atomic mass is 10.1. The molecule has 61 heavy (non-hydrogen) atoms. The smallest absolute Gasteiger partial charge is 0.154 e. The summed E-state index contributed by atoms with van der Waals surface area (Å²) in [5, 5.41) is 38.7. The molecule has 4 rings (SSSR count). The second-order valence-corrected chi connectivity index (χ2v) is 39.3. The van der Waals surface area contributed by atoms with Crippen LogP contribution in [-0.4, -0.2) is 217 Å². The minimum absolute atomic E-state index is 0. The van der Waals surface area contributed by atoms with E-state index in [0.717, 1.165) is 50.3 Å². The van der Waals surface area contributed by atoms with Gasteiger partial charge in [-0.15, -0.1) is 64.3 Å². The van der Waals surface area contributed by atoms with Crippen molar-refractivity contribution in [2.75, 3.05) is 78.0 Å². The van der Waals surface area contributed by atoms with Crippen LogP contribution in [0, 0.1) is 0 Å². The minimum Gasteiger partial charge on any atom is -0.389 e. The lowest BCUT2D eigenvalue weighted by Crippen LogP contribution is -2.28. The topological polar surface area (TPSA) is 118 Å². The fourth-order valence-corrected chi connectivity index (χ4v) is 11.7. The van der Waals surface area contributed by atoms with Crippen LogP contribution in [0.1, 0.15) is 90.5 Å². The second-order valence-electron chi connectivity index (χ2n) is 19.1. The number of halogens is 4. The van der Waals surface area contributed by atoms with Crippen molar-refractivity contribution in [3.63, 3.8) is 0 Å². The summed E-state index contributed by atoms with van der Waals surface area (Å²) in [4.78, 5) is 0.0822. The van der Waals surface area contributed by atoms with Gasteiger partial charge in [0.1, 0.15) is 6.10 Å². The van der Waals surface area contributed by atoms with Crippen molar-refractivity contribution >= 4 is 103 Å². The molecule has 0 bridgehead atoms. The van der Waals surface area contributed by atoms with Gasteiger partial charge in [-0.1, -0.05) is 75.7 Å². The van der Waals surface area contributed by atoms with E-state index >= 15 is 0 Å². The summed E-state index contributed by atoms with van der Waals surface area (Å²) >= 11 is 11.7. The van der Waals surface area contributed by atoms with Crippen molar-refractivity contribution < 1.29 is 43.8 Å². The number of aliphatic hydroxyl groups excluding tert-OH is 4. The molecule has 16 atom stereocenters. The molecule has 0 aromatic heterocycles. The number of hydrogen-bond donors (Lipinski definition) is 4. The monoisotopic (exact) mass is 1150 g/mol. The van der Waals surface area contributed by atoms with Crippen molar-refractivity contribution in [3.8, 4) is 0 Å². The molecule has 16 heteroatoms. The molecular formula is C45H100BrClFIO8P4. The molecule has 4 fully saturated rings. The molecular weight excluding hydrogens is 1050 g/mol. The molecule has 0 spiro atoms. The lowest BCUT2D eigenvalue weighted by molar-refractivity contribution is 0.0150. The molecule has 0 radical (unpaired) electrons. The highest BCUT2D eigenvalue weighted by atomic mass is 127. The van der Waals surface area contributed by atoms with Crippen molar-refractivity contribution in [2.24, 2.45) is 0 Å². The summed E-state index contributed by atoms with van der Waals surface area (Å²) in [6, 6.07) is 0. The van der Waals surface area contributed by atoms with Gasteiger partial charge in [0.2, 0.25) is 0 Å². The zero-order valence-corrected chi connectivity index (χ0v) is 44.5. The fraction of sp³-hybridized carbons (Fsp3) is 0.911. The van der Waals surface area contributed by atoms with Crippen LogP contribution < -0.4 is 0 Å². The number of ether oxygens (including phenoxy) is 4. The molecule has 0 unspecified atom stereocenters. The van der Waals surface area contributed by atoms with E-state index < -0.39 is 52.0 Å². The van der Waals surface area contributed by atoms with Gasteiger partial charge < -0.3 is 39.4 Å². The highest BCUT2D eigenvalue weighted by Crippen LogP contribution is 2.41. The fourth-order valence-electron chi connectivity index (χ4n) is 6.52. The molecule has 4 saturated heterocycles. The largest absolute Gasteiger partial charge is 0.389 e. The highest BCUT2D eigenvalue weighted by Gasteiger charge is 2.42. The Bertz CT molecular complexity index is 1160. The van der Waals surface area contributed by atoms with Gasteiger partial charge in [0, 0.05) is 0 Å². The maximum atomic E-state index is 13.2. The number of rotatable bonds is 12. The Morgan fingerprint density at radius 3 is 1.02 bits per heavy atom. The lowest BCUT2D eigenvalue weighted by Gasteiger charge is -2.18. The molecule has 4 aliphatic rings. The van der Waals surface area contributed by atoms with Gasteiger partial charge in [0.25, 0.3) is 0 Å². The third kappa shape index (κ3) is 27.8. The maximum absolute atomic E-state index is 13.2. The average Bonchev–Trinajstić information content (AvgIpc) is 3.66. The first kappa shape index (κ1) is 72.3. The molecule has 376 valence electrons. The first-order chi connectivity index (χ1) is 25.2. The maximum Gasteiger partial charge on any atom is 0.154 e. The van der Waals surface area contributed by atoms with Gasteiger partial charge in [0.15, 0.2) is 6.17 Å². The highest BCUT2D eigenvalue weighted by molar-refractivity contribution is 14.1. The van der Waals surface area contributed by atoms with Gasteiger partial charge in [-0.25, -0.2) is 4.39 Å². The number of hydrogen-bond acceptors (Lipinski definition) is 8. The van der Waals surface area contributed by atoms with Crippen molar-refractivity contribution in [1.82, 2.24) is 0 Å². The Balaban J connectivity index is -0.000000222. The zero-order valence-electron chi connectivity index (χ0n) is 36.4. The van der Waals surface area contributed by atoms with Crippen LogP contribution in [0.2, 0.25) is 0 Å². The summed E-state index contributed by atoms with van der Waals surface area (Å²) in [5.41, 5.74) is 0. The zero-order chi connectivity index (χ0) is 43.7. The van der Waals surface area contributed by atoms with E-state index in [2.05, 4.69) is 117 Å². The predicted molar refractivity (Wildman–Crippen MR) is 302 cm³/mol. The van der Waals surface area contributed by atoms with E-state index in [0.29, 0.717) is 0 Å². The molecule has 4 heterocycles. The van der Waals surface area contributed by atoms with Crippen LogP contribution in [0.4, 0.5) is 4.39 Å². The van der Waals surface area contributed by atoms with Gasteiger partial charge >= 0.3 is 0 Å². The van der Waals surface area contributed by atoms with E-state index in [1.807, 2.05) is 20.8 Å². The summed E-state index contributed by atoms with van der Waals surface area (Å²) in [5.74, 6) is 0. The van der Waals surface area contributed by atoms with Gasteiger partial charge in [-0.2, -0.15) is 0 Å². The third-order valence-corrected chi connectivity index (χ3v) is 19.8. The standard InChI is InChI=1S/C10H20BrO2P.C10H20ClO2P.C10H20FO2P.C10H20IO2P.5CH4/c4*1-7-9(11)10(12)8(13-7)5-6-14(2,3)4;;;;;/h4*7-10,12H,2,5-6H2,1,3-4H3;5*1H4/t4*7-,8+,9-,10+;;;;;/m0000...../s1. The molecule has 0 amide bonds. The van der Waals surface area contributed by atoms with E-state index in [4.69, 9.17) is 30.5 Å². The molecule has 4 N–H and O–H groups in total. The van der Waals surface area contributed by atoms with E-state index in [-0.39, 0.29) is 106 Å². The van der Waals surface area contributed by atoms with Crippen LogP contribution in [-0.2, 0) is 18.9 Å². The summed E-state index contributed by atoms with van der Waals surface area (Å²) in [7, 11) is 0. The molecule has 0 aromatic carbocycles. The van der Waals surface area contributed by atoms with Crippen LogP contribution in [0.5, 0.6) is 0 Å². The van der Waals surface area contributed by atoms with Crippen LogP contribution in [0.25, 0.3) is 0 Å². The Morgan fingerprint density at radius 2 is 0.787 bits per heavy atom. The van der Waals surface area contributed by atoms with Crippen LogP contribution in [0.15, 0.2) is 0 Å². The Kier molecular flexibility index (Phi) is 37.3. The van der Waals surface area contributed by atoms with Crippen molar-refractivity contribution in [1.29, 1.82) is 0 Å². The van der Waals surface area contributed by atoms with Crippen molar-refractivity contribution in [2.45, 2.75) is 184 Å². The minimum atomic E-state index is -1.23. The Labute approximate surface area is 405 Å². The van der Waals surface area contributed by atoms with E-state index in [1.54, 1.807) is 6.92 Å². The Hall–Kier alpha value is 2.31. The van der Waals surface area contributed by atoms with Gasteiger partial charge in [-0.05, 0) is 131 Å². The van der Waals surface area contributed by atoms with Crippen molar-refractivity contribution in [3.05, 3.63) is 0 Å². The van der Waals surface area contributed by atoms with E-state index in [9.17, 15) is 24.8 Å². The number of aliphatic hydroxyl groups is 4. The molecule has 8 nitrogen and oxygen atoms in total. The van der Waals surface area contributed by atoms with Crippen LogP contribution >= 0.6 is 77.7 Å². The second kappa shape index (κ2) is 31.4. The normalized spacial score (nSPS) is 35.7. The first-order valence-electron chi connectivity index (χ1n) is 19.8. The molecule has 0 saturated carbocycles. The molecule has 0 aromatic rings. The predicted octanol–water partition coefficient (Wildman–Crippen LogP) is 10.6. The molecule has 0 aliphatic carbocycles. The van der Waals surface area contributed by atoms with Gasteiger partial charge in [0.05, 0.1) is 81.3 Å². The summed E-state index contributed by atoms with van der Waals surface area (Å²) < 4.78 is 35.8. The van der Waals surface area contributed by atoms with Gasteiger partial charge in [-0.3, -0.25) is 0 Å². The SMILES string of the molecule is C.C.C.C.C.C=P(C)(C)CC[C@H]1O[C@@H](C)[C@H](Br)[C@@H]1O.C=P(C)(C)CC[C@H]1O[C@@H](C)[C@H](Cl)[C@@H]1O.C=P(C)(C)CC[C@H]1O[C@@H](C)[C@H](F)[C@@H]1O.C=P(C)(C)CC[C@H]1O[C@@H](C)[C@H](I)[C@@H]1O.